The first-order valence-corrected chi connectivity index (χ1v) is 9.16. The van der Waals surface area contributed by atoms with Crippen LogP contribution in [0, 0.1) is 0 Å². The predicted molar refractivity (Wildman–Crippen MR) is 85.2 cm³/mol. The molecule has 1 aromatic rings. The Balaban J connectivity index is 1.83. The average molecular weight is 326 g/mol. The standard InChI is InChI=1S/C15H22N2O4S/c1-2-22(19,20)17-13-9-6-10-14(11-13)21-15(18)16-12-7-4-3-5-8-12/h3-5,7-8,13-14,17H,2,6,9-11H2,1H3,(H,16,18). The van der Waals surface area contributed by atoms with E-state index < -0.39 is 16.1 Å². The maximum absolute atomic E-state index is 11.9. The Hall–Kier alpha value is -1.60. The second kappa shape index (κ2) is 7.60. The summed E-state index contributed by atoms with van der Waals surface area (Å²) in [7, 11) is -3.23. The summed E-state index contributed by atoms with van der Waals surface area (Å²) in [5.74, 6) is 0.0590. The lowest BCUT2D eigenvalue weighted by molar-refractivity contribution is 0.0793. The van der Waals surface area contributed by atoms with Gasteiger partial charge in [0, 0.05) is 18.2 Å². The molecule has 1 aliphatic rings. The normalized spacial score (nSPS) is 22.0. The number of benzene rings is 1. The second-order valence-electron chi connectivity index (χ2n) is 5.40. The van der Waals surface area contributed by atoms with Crippen LogP contribution in [0.3, 0.4) is 0 Å². The fraction of sp³-hybridized carbons (Fsp3) is 0.533. The van der Waals surface area contributed by atoms with Gasteiger partial charge in [0.05, 0.1) is 5.75 Å². The number of ether oxygens (including phenoxy) is 1. The van der Waals surface area contributed by atoms with Crippen molar-refractivity contribution in [3.05, 3.63) is 30.3 Å². The van der Waals surface area contributed by atoms with Crippen LogP contribution in [-0.4, -0.2) is 32.4 Å². The molecule has 1 aliphatic carbocycles. The summed E-state index contributed by atoms with van der Waals surface area (Å²) in [6.07, 6.45) is 2.12. The van der Waals surface area contributed by atoms with Gasteiger partial charge in [0.15, 0.2) is 0 Å². The highest BCUT2D eigenvalue weighted by Gasteiger charge is 2.27. The predicted octanol–water partition coefficient (Wildman–Crippen LogP) is 2.49. The van der Waals surface area contributed by atoms with E-state index in [1.807, 2.05) is 18.2 Å². The van der Waals surface area contributed by atoms with Crippen molar-refractivity contribution in [1.29, 1.82) is 0 Å². The molecule has 122 valence electrons. The maximum atomic E-state index is 11.9. The summed E-state index contributed by atoms with van der Waals surface area (Å²) in [5.41, 5.74) is 0.673. The van der Waals surface area contributed by atoms with Crippen molar-refractivity contribution in [1.82, 2.24) is 4.72 Å². The van der Waals surface area contributed by atoms with Crippen LogP contribution in [0.2, 0.25) is 0 Å². The summed E-state index contributed by atoms with van der Waals surface area (Å²) < 4.78 is 31.3. The van der Waals surface area contributed by atoms with Gasteiger partial charge in [0.25, 0.3) is 0 Å². The summed E-state index contributed by atoms with van der Waals surface area (Å²) in [5, 5.41) is 2.66. The van der Waals surface area contributed by atoms with Crippen molar-refractivity contribution in [3.63, 3.8) is 0 Å². The molecule has 6 nitrogen and oxygen atoms in total. The Morgan fingerprint density at radius 3 is 2.68 bits per heavy atom. The second-order valence-corrected chi connectivity index (χ2v) is 7.45. The number of nitrogens with one attached hydrogen (secondary N) is 2. The molecule has 1 amide bonds. The van der Waals surface area contributed by atoms with Gasteiger partial charge in [-0.25, -0.2) is 17.9 Å². The van der Waals surface area contributed by atoms with Crippen molar-refractivity contribution in [2.45, 2.75) is 44.8 Å². The minimum atomic E-state index is -3.23. The van der Waals surface area contributed by atoms with Crippen molar-refractivity contribution >= 4 is 21.8 Å². The fourth-order valence-corrected chi connectivity index (χ4v) is 3.41. The Morgan fingerprint density at radius 1 is 1.27 bits per heavy atom. The number of carbonyl (C=O) groups excluding carboxylic acids is 1. The third kappa shape index (κ3) is 5.31. The van der Waals surface area contributed by atoms with E-state index in [9.17, 15) is 13.2 Å². The molecule has 2 unspecified atom stereocenters. The molecule has 0 aliphatic heterocycles. The molecule has 1 fully saturated rings. The molecule has 1 saturated carbocycles. The Kier molecular flexibility index (Phi) is 5.79. The molecule has 0 bridgehead atoms. The SMILES string of the molecule is CCS(=O)(=O)NC1CCCC(OC(=O)Nc2ccccc2)C1. The number of rotatable bonds is 5. The first kappa shape index (κ1) is 16.8. The van der Waals surface area contributed by atoms with Gasteiger partial charge >= 0.3 is 6.09 Å². The van der Waals surface area contributed by atoms with E-state index in [0.29, 0.717) is 12.1 Å². The maximum Gasteiger partial charge on any atom is 0.411 e. The van der Waals surface area contributed by atoms with Crippen LogP contribution in [0.15, 0.2) is 30.3 Å². The fourth-order valence-electron chi connectivity index (χ4n) is 2.52. The quantitative estimate of drug-likeness (QED) is 0.870. The number of carbonyl (C=O) groups is 1. The lowest BCUT2D eigenvalue weighted by atomic mass is 9.94. The molecule has 0 saturated heterocycles. The van der Waals surface area contributed by atoms with E-state index >= 15 is 0 Å². The highest BCUT2D eigenvalue weighted by atomic mass is 32.2. The van der Waals surface area contributed by atoms with Crippen LogP contribution in [-0.2, 0) is 14.8 Å². The number of anilines is 1. The van der Waals surface area contributed by atoms with E-state index in [2.05, 4.69) is 10.0 Å². The summed E-state index contributed by atoms with van der Waals surface area (Å²) in [6.45, 7) is 1.60. The minimum absolute atomic E-state index is 0.0590. The zero-order valence-corrected chi connectivity index (χ0v) is 13.4. The van der Waals surface area contributed by atoms with Gasteiger partial charge in [-0.1, -0.05) is 18.2 Å². The van der Waals surface area contributed by atoms with Crippen LogP contribution < -0.4 is 10.0 Å². The van der Waals surface area contributed by atoms with Crippen molar-refractivity contribution in [2.75, 3.05) is 11.1 Å². The van der Waals surface area contributed by atoms with Crippen molar-refractivity contribution in [3.8, 4) is 0 Å². The molecule has 7 heteroatoms. The topological polar surface area (TPSA) is 84.5 Å². The van der Waals surface area contributed by atoms with Crippen molar-refractivity contribution in [2.24, 2.45) is 0 Å². The highest BCUT2D eigenvalue weighted by Crippen LogP contribution is 2.22. The highest BCUT2D eigenvalue weighted by molar-refractivity contribution is 7.89. The Labute approximate surface area is 131 Å². The number of amides is 1. The summed E-state index contributed by atoms with van der Waals surface area (Å²) in [4.78, 5) is 11.9. The minimum Gasteiger partial charge on any atom is -0.446 e. The van der Waals surface area contributed by atoms with Crippen LogP contribution in [0.4, 0.5) is 10.5 Å². The van der Waals surface area contributed by atoms with Crippen LogP contribution in [0.5, 0.6) is 0 Å². The third-order valence-corrected chi connectivity index (χ3v) is 5.10. The van der Waals surface area contributed by atoms with Crippen LogP contribution in [0.25, 0.3) is 0 Å². The molecular weight excluding hydrogens is 304 g/mol. The smallest absolute Gasteiger partial charge is 0.411 e. The van der Waals surface area contributed by atoms with E-state index in [1.165, 1.54) is 0 Å². The van der Waals surface area contributed by atoms with Gasteiger partial charge in [-0.3, -0.25) is 5.32 Å². The molecule has 1 aromatic carbocycles. The monoisotopic (exact) mass is 326 g/mol. The summed E-state index contributed by atoms with van der Waals surface area (Å²) >= 11 is 0. The van der Waals surface area contributed by atoms with E-state index in [-0.39, 0.29) is 17.9 Å². The molecule has 0 radical (unpaired) electrons. The van der Waals surface area contributed by atoms with Gasteiger partial charge in [-0.15, -0.1) is 0 Å². The molecular formula is C15H22N2O4S. The zero-order chi connectivity index (χ0) is 16.0. The average Bonchev–Trinajstić information content (AvgIpc) is 2.48. The Bertz CT molecular complexity index is 589. The van der Waals surface area contributed by atoms with E-state index in [0.717, 1.165) is 19.3 Å². The molecule has 0 spiro atoms. The molecule has 2 N–H and O–H groups in total. The molecule has 0 heterocycles. The summed E-state index contributed by atoms with van der Waals surface area (Å²) in [6, 6.07) is 8.91. The van der Waals surface area contributed by atoms with Crippen LogP contribution >= 0.6 is 0 Å². The van der Waals surface area contributed by atoms with Gasteiger partial charge in [-0.2, -0.15) is 0 Å². The van der Waals surface area contributed by atoms with Gasteiger partial charge in [0.2, 0.25) is 10.0 Å². The number of para-hydroxylation sites is 1. The lowest BCUT2D eigenvalue weighted by Crippen LogP contribution is -2.41. The lowest BCUT2D eigenvalue weighted by Gasteiger charge is -2.29. The largest absolute Gasteiger partial charge is 0.446 e. The van der Waals surface area contributed by atoms with Gasteiger partial charge in [0.1, 0.15) is 6.10 Å². The molecule has 2 rings (SSSR count). The van der Waals surface area contributed by atoms with E-state index in [4.69, 9.17) is 4.74 Å². The van der Waals surface area contributed by atoms with E-state index in [1.54, 1.807) is 19.1 Å². The number of sulfonamides is 1. The first-order chi connectivity index (χ1) is 10.5. The third-order valence-electron chi connectivity index (χ3n) is 3.65. The number of hydrogen-bond donors (Lipinski definition) is 2. The number of hydrogen-bond acceptors (Lipinski definition) is 4. The Morgan fingerprint density at radius 2 is 2.00 bits per heavy atom. The van der Waals surface area contributed by atoms with Crippen LogP contribution in [0.1, 0.15) is 32.6 Å². The van der Waals surface area contributed by atoms with Gasteiger partial charge in [-0.05, 0) is 38.3 Å². The molecule has 0 aromatic heterocycles. The van der Waals surface area contributed by atoms with Gasteiger partial charge < -0.3 is 4.74 Å². The first-order valence-electron chi connectivity index (χ1n) is 7.51. The van der Waals surface area contributed by atoms with Crippen molar-refractivity contribution < 1.29 is 17.9 Å². The molecule has 22 heavy (non-hydrogen) atoms. The molecule has 2 atom stereocenters. The zero-order valence-electron chi connectivity index (χ0n) is 12.6.